The van der Waals surface area contributed by atoms with Crippen LogP contribution in [0.25, 0.3) is 22.3 Å². The molecular weight excluding hydrogens is 773 g/mol. The van der Waals surface area contributed by atoms with Gasteiger partial charge in [0.2, 0.25) is 17.7 Å². The Bertz CT molecular complexity index is 2140. The van der Waals surface area contributed by atoms with Crippen LogP contribution < -0.4 is 46.7 Å². The first-order valence-electron chi connectivity index (χ1n) is 14.3. The largest absolute Gasteiger partial charge is 0.631 e. The standard InChI is InChI=1S/C21H29N10O18P3/c1-29-5-31(15-9(29)17(37)28-21(23)26-15)19-13(35)11(33)7(47-19)3-45-51(40,41)49-52(42,43)48-50(38,39)44-2-6-10(32)12(34)18(46-6)30-4-24-8-14(30)25-20(22)27-16(8)36/h4-7,10-13,18-19,32-35H,2-3H2,1H3,(H8-,22,23,25,26,27,28,36,37,38,39,40,41,42,43)/p-1/t6-,7-,10-,11-,12-,13-,18-,19+/m1/s1. The average Bonchev–Trinajstić information content (AvgIpc) is 3.74. The number of ether oxygens (including phenoxy) is 2. The lowest BCUT2D eigenvalue weighted by Crippen LogP contribution is -2.46. The summed E-state index contributed by atoms with van der Waals surface area (Å²) in [5.74, 6) is -0.614. The Hall–Kier alpha value is -3.21. The zero-order chi connectivity index (χ0) is 38.1. The number of aliphatic hydroxyl groups excluding tert-OH is 4. The van der Waals surface area contributed by atoms with Crippen molar-refractivity contribution in [1.82, 2.24) is 34.1 Å². The number of phosphoric ester groups is 2. The number of imidazole rings is 2. The molecule has 286 valence electrons. The number of rotatable bonds is 12. The van der Waals surface area contributed by atoms with Crippen molar-refractivity contribution in [3.63, 3.8) is 0 Å². The Morgan fingerprint density at radius 1 is 0.962 bits per heavy atom. The lowest BCUT2D eigenvalue weighted by atomic mass is 10.1. The Kier molecular flexibility index (Phi) is 10.3. The van der Waals surface area contributed by atoms with Crippen LogP contribution in [-0.4, -0.2) is 109 Å². The van der Waals surface area contributed by atoms with Crippen LogP contribution in [0.1, 0.15) is 12.5 Å². The van der Waals surface area contributed by atoms with E-state index in [0.29, 0.717) is 0 Å². The molecule has 0 amide bonds. The molecule has 4 aromatic rings. The molecule has 2 fully saturated rings. The van der Waals surface area contributed by atoms with Crippen LogP contribution in [-0.2, 0) is 38.8 Å². The monoisotopic (exact) mass is 801 g/mol. The summed E-state index contributed by atoms with van der Waals surface area (Å²) in [6.45, 7) is -2.31. The number of nitrogens with one attached hydrogen (secondary N) is 2. The van der Waals surface area contributed by atoms with Crippen molar-refractivity contribution < 1.29 is 81.2 Å². The Balaban J connectivity index is 1.04. The molecule has 0 aromatic carbocycles. The maximum atomic E-state index is 12.4. The molecule has 2 aliphatic rings. The number of aliphatic hydroxyl groups is 4. The van der Waals surface area contributed by atoms with Crippen LogP contribution in [0, 0.1) is 0 Å². The molecule has 6 heterocycles. The fourth-order valence-electron chi connectivity index (χ4n) is 5.42. The average molecular weight is 801 g/mol. The number of nitrogen functional groups attached to an aromatic ring is 2. The molecule has 6 rings (SSSR count). The maximum Gasteiger partial charge on any atom is 0.508 e. The van der Waals surface area contributed by atoms with E-state index in [4.69, 9.17) is 20.9 Å². The second kappa shape index (κ2) is 13.9. The molecule has 0 bridgehead atoms. The molecule has 9 atom stereocenters. The van der Waals surface area contributed by atoms with E-state index in [1.807, 2.05) is 0 Å². The van der Waals surface area contributed by atoms with Crippen LogP contribution >= 0.6 is 24.2 Å². The lowest BCUT2D eigenvalue weighted by molar-refractivity contribution is -0.745. The second-order valence-electron chi connectivity index (χ2n) is 11.2. The van der Waals surface area contributed by atoms with Crippen molar-refractivity contribution in [2.75, 3.05) is 24.7 Å². The highest BCUT2D eigenvalue weighted by molar-refractivity contribution is 7.69. The minimum absolute atomic E-state index is 0.00222. The molecule has 2 saturated heterocycles. The molecule has 0 saturated carbocycles. The summed E-state index contributed by atoms with van der Waals surface area (Å²) in [6.07, 6.45) is -11.3. The van der Waals surface area contributed by atoms with Gasteiger partial charge in [0, 0.05) is 0 Å². The first-order chi connectivity index (χ1) is 24.2. The fraction of sp³-hybridized carbons (Fsp3) is 0.524. The number of aromatic amines is 2. The molecule has 2 aliphatic heterocycles. The van der Waals surface area contributed by atoms with Crippen LogP contribution in [0.5, 0.6) is 0 Å². The zero-order valence-electron chi connectivity index (χ0n) is 25.9. The van der Waals surface area contributed by atoms with Gasteiger partial charge in [0.25, 0.3) is 33.4 Å². The fourth-order valence-corrected chi connectivity index (χ4v) is 8.84. The Morgan fingerprint density at radius 3 is 2.31 bits per heavy atom. The SMILES string of the molecule is Cn1c[n+]([C@H]2O[C@H](COP(=O)(O)O[P+]([O-])([O-])O[P+]([O-])([O-])OC[C@H]3O[C@@H](n4cnc5c(=O)[nH]c(N)nc54)[C@H](O)[C@@H]3O)[C@@H](O)[C@H]2O)c2nc(N)[nH]c(=O)c21. The topological polar surface area (TPSA) is 436 Å². The lowest BCUT2D eigenvalue weighted by Gasteiger charge is -2.37. The number of aromatic nitrogens is 8. The van der Waals surface area contributed by atoms with Gasteiger partial charge >= 0.3 is 13.5 Å². The zero-order valence-corrected chi connectivity index (χ0v) is 28.6. The molecule has 31 heteroatoms. The van der Waals surface area contributed by atoms with Crippen LogP contribution in [0.4, 0.5) is 11.9 Å². The van der Waals surface area contributed by atoms with Crippen LogP contribution in [0.2, 0.25) is 0 Å². The van der Waals surface area contributed by atoms with Crippen molar-refractivity contribution in [2.45, 2.75) is 49.1 Å². The highest BCUT2D eigenvalue weighted by Gasteiger charge is 2.50. The van der Waals surface area contributed by atoms with E-state index in [9.17, 15) is 59.0 Å². The summed E-state index contributed by atoms with van der Waals surface area (Å²) in [4.78, 5) is 99.6. The number of nitrogens with zero attached hydrogens (tertiary/aromatic N) is 6. The van der Waals surface area contributed by atoms with E-state index in [-0.39, 0.29) is 34.2 Å². The van der Waals surface area contributed by atoms with E-state index < -0.39 is 97.6 Å². The molecule has 0 radical (unpaired) electrons. The van der Waals surface area contributed by atoms with Gasteiger partial charge < -0.3 is 65.8 Å². The van der Waals surface area contributed by atoms with Gasteiger partial charge in [-0.15, -0.1) is 4.31 Å². The van der Waals surface area contributed by atoms with E-state index in [0.717, 1.165) is 15.5 Å². The van der Waals surface area contributed by atoms with E-state index in [2.05, 4.69) is 42.6 Å². The smallest absolute Gasteiger partial charge is 0.508 e. The molecular formula is C21H28N10O18P3-. The van der Waals surface area contributed by atoms with E-state index >= 15 is 0 Å². The van der Waals surface area contributed by atoms with Gasteiger partial charge in [0.15, 0.2) is 23.7 Å². The number of hydrogen-bond acceptors (Lipinski definition) is 22. The maximum absolute atomic E-state index is 12.4. The summed E-state index contributed by atoms with van der Waals surface area (Å²) in [7, 11) is -16.6. The quantitative estimate of drug-likeness (QED) is 0.0474. The number of anilines is 2. The molecule has 52 heavy (non-hydrogen) atoms. The number of fused-ring (bicyclic) bond motifs is 2. The van der Waals surface area contributed by atoms with Crippen molar-refractivity contribution in [3.05, 3.63) is 33.4 Å². The Labute approximate surface area is 287 Å². The van der Waals surface area contributed by atoms with Gasteiger partial charge in [-0.3, -0.25) is 33.2 Å². The third-order valence-corrected chi connectivity index (χ3v) is 11.8. The van der Waals surface area contributed by atoms with E-state index in [1.165, 1.54) is 17.9 Å². The molecule has 11 N–H and O–H groups in total. The van der Waals surface area contributed by atoms with Crippen LogP contribution in [0.15, 0.2) is 22.2 Å². The predicted molar refractivity (Wildman–Crippen MR) is 158 cm³/mol. The first-order valence-corrected chi connectivity index (χ1v) is 18.8. The molecule has 28 nitrogen and oxygen atoms in total. The summed E-state index contributed by atoms with van der Waals surface area (Å²) >= 11 is 0. The Morgan fingerprint density at radius 2 is 1.60 bits per heavy atom. The van der Waals surface area contributed by atoms with Crippen molar-refractivity contribution in [1.29, 1.82) is 0 Å². The molecule has 0 spiro atoms. The van der Waals surface area contributed by atoms with Gasteiger partial charge in [-0.2, -0.15) is 4.98 Å². The number of phosphoric acid groups is 3. The highest BCUT2D eigenvalue weighted by atomic mass is 31.3. The van der Waals surface area contributed by atoms with Gasteiger partial charge in [-0.1, -0.05) is 9.29 Å². The number of H-pyrrole nitrogens is 2. The molecule has 4 aromatic heterocycles. The van der Waals surface area contributed by atoms with Crippen molar-refractivity contribution in [3.8, 4) is 0 Å². The molecule has 0 aliphatic carbocycles. The summed E-state index contributed by atoms with van der Waals surface area (Å²) in [5.41, 5.74) is 9.27. The summed E-state index contributed by atoms with van der Waals surface area (Å²) in [5, 5.41) is 41.9. The van der Waals surface area contributed by atoms with Gasteiger partial charge in [0.1, 0.15) is 43.2 Å². The van der Waals surface area contributed by atoms with E-state index in [1.54, 1.807) is 0 Å². The third-order valence-electron chi connectivity index (χ3n) is 7.67. The normalized spacial score (nSPS) is 28.3. The molecule has 1 unspecified atom stereocenters. The summed E-state index contributed by atoms with van der Waals surface area (Å²) < 4.78 is 43.5. The van der Waals surface area contributed by atoms with Crippen molar-refractivity contribution >= 4 is 58.4 Å². The minimum Gasteiger partial charge on any atom is -0.631 e. The number of aryl methyl sites for hydroxylation is 1. The minimum atomic E-state index is -6.31. The van der Waals surface area contributed by atoms with Crippen LogP contribution in [0.3, 0.4) is 0 Å². The predicted octanol–water partition coefficient (Wildman–Crippen LogP) is -7.95. The van der Waals surface area contributed by atoms with Gasteiger partial charge in [0.05, 0.1) is 20.0 Å². The first kappa shape index (κ1) is 38.5. The van der Waals surface area contributed by atoms with Crippen molar-refractivity contribution in [2.24, 2.45) is 7.05 Å². The summed E-state index contributed by atoms with van der Waals surface area (Å²) in [6, 6.07) is 0. The number of nitrogens with two attached hydrogens (primary N) is 2. The highest BCUT2D eigenvalue weighted by Crippen LogP contribution is 2.67. The second-order valence-corrected chi connectivity index (χ2v) is 15.8. The third kappa shape index (κ3) is 7.58. The van der Waals surface area contributed by atoms with Gasteiger partial charge in [-0.05, 0) is 0 Å². The number of hydrogen-bond donors (Lipinski definition) is 9. The van der Waals surface area contributed by atoms with Gasteiger partial charge in [-0.25, -0.2) is 18.6 Å².